The Morgan fingerprint density at radius 3 is 0.859 bits per heavy atom. The molecule has 0 rings (SSSR count). The van der Waals surface area contributed by atoms with Crippen molar-refractivity contribution in [3.8, 4) is 0 Å². The Bertz CT molecular complexity index is 1550. The highest BCUT2D eigenvalue weighted by atomic mass is 16.6. The number of esters is 3. The first-order valence-corrected chi connectivity index (χ1v) is 28.7. The molecule has 1 unspecified atom stereocenters. The van der Waals surface area contributed by atoms with Gasteiger partial charge in [-0.3, -0.25) is 14.4 Å². The molecule has 6 nitrogen and oxygen atoms in total. The predicted octanol–water partition coefficient (Wildman–Crippen LogP) is 19.4. The Labute approximate surface area is 436 Å². The Morgan fingerprint density at radius 2 is 0.549 bits per heavy atom. The van der Waals surface area contributed by atoms with Crippen molar-refractivity contribution in [1.29, 1.82) is 0 Å². The van der Waals surface area contributed by atoms with Crippen LogP contribution in [0.25, 0.3) is 0 Å². The van der Waals surface area contributed by atoms with E-state index in [-0.39, 0.29) is 31.1 Å². The van der Waals surface area contributed by atoms with Crippen molar-refractivity contribution >= 4 is 17.9 Å². The third-order valence-electron chi connectivity index (χ3n) is 11.6. The zero-order chi connectivity index (χ0) is 51.4. The van der Waals surface area contributed by atoms with Crippen LogP contribution in [0.5, 0.6) is 0 Å². The van der Waals surface area contributed by atoms with Crippen LogP contribution in [0, 0.1) is 0 Å². The highest BCUT2D eigenvalue weighted by Gasteiger charge is 2.19. The van der Waals surface area contributed by atoms with Crippen LogP contribution in [-0.4, -0.2) is 37.2 Å². The number of ether oxygens (including phenoxy) is 3. The molecule has 0 aromatic rings. The van der Waals surface area contributed by atoms with E-state index in [4.69, 9.17) is 14.2 Å². The average molecular weight is 982 g/mol. The second kappa shape index (κ2) is 58.1. The van der Waals surface area contributed by atoms with E-state index in [0.29, 0.717) is 19.3 Å². The first kappa shape index (κ1) is 66.6. The summed E-state index contributed by atoms with van der Waals surface area (Å²) in [6.07, 6.45) is 81.5. The van der Waals surface area contributed by atoms with Crippen LogP contribution >= 0.6 is 0 Å². The van der Waals surface area contributed by atoms with Gasteiger partial charge in [0.1, 0.15) is 13.2 Å². The summed E-state index contributed by atoms with van der Waals surface area (Å²) in [7, 11) is 0. The molecule has 1 atom stereocenters. The summed E-state index contributed by atoms with van der Waals surface area (Å²) in [5.74, 6) is -0.953. The van der Waals surface area contributed by atoms with Gasteiger partial charge in [-0.1, -0.05) is 225 Å². The minimum atomic E-state index is -0.806. The summed E-state index contributed by atoms with van der Waals surface area (Å²) in [6, 6.07) is 0. The van der Waals surface area contributed by atoms with Gasteiger partial charge >= 0.3 is 17.9 Å². The first-order chi connectivity index (χ1) is 35.0. The molecule has 0 aromatic heterocycles. The summed E-state index contributed by atoms with van der Waals surface area (Å²) >= 11 is 0. The minimum Gasteiger partial charge on any atom is -0.462 e. The molecule has 0 spiro atoms. The number of hydrogen-bond acceptors (Lipinski definition) is 6. The van der Waals surface area contributed by atoms with Crippen molar-refractivity contribution in [3.05, 3.63) is 134 Å². The molecule has 71 heavy (non-hydrogen) atoms. The SMILES string of the molecule is CC/C=C\C/C=C\C/C=C\C/C=C\C/C=C\CCCCCCCC(=O)OCC(COC(=O)CCCCCCC/C=C\C/C=C\CCC)OC(=O)CCCCCCCC/C=C\C/C=C\C/C=C\C/C=C\CC. The monoisotopic (exact) mass is 981 g/mol. The molecule has 0 radical (unpaired) electrons. The van der Waals surface area contributed by atoms with Gasteiger partial charge in [-0.15, -0.1) is 0 Å². The Kier molecular flexibility index (Phi) is 54.5. The van der Waals surface area contributed by atoms with Gasteiger partial charge in [0.15, 0.2) is 6.10 Å². The van der Waals surface area contributed by atoms with E-state index >= 15 is 0 Å². The minimum absolute atomic E-state index is 0.102. The summed E-state index contributed by atoms with van der Waals surface area (Å²) in [5, 5.41) is 0. The van der Waals surface area contributed by atoms with Crippen LogP contribution in [0.3, 0.4) is 0 Å². The average Bonchev–Trinajstić information content (AvgIpc) is 3.37. The van der Waals surface area contributed by atoms with E-state index in [1.807, 2.05) is 0 Å². The second-order valence-corrected chi connectivity index (χ2v) is 18.4. The Morgan fingerprint density at radius 1 is 0.296 bits per heavy atom. The fraction of sp³-hybridized carbons (Fsp3) is 0.615. The lowest BCUT2D eigenvalue weighted by atomic mass is 10.1. The van der Waals surface area contributed by atoms with Crippen molar-refractivity contribution in [3.63, 3.8) is 0 Å². The summed E-state index contributed by atoms with van der Waals surface area (Å²) in [6.45, 7) is 6.30. The Hall–Kier alpha value is -4.45. The normalized spacial score (nSPS) is 13.1. The number of hydrogen-bond donors (Lipinski definition) is 0. The topological polar surface area (TPSA) is 78.9 Å². The van der Waals surface area contributed by atoms with Crippen LogP contribution in [0.15, 0.2) is 134 Å². The fourth-order valence-electron chi connectivity index (χ4n) is 7.38. The van der Waals surface area contributed by atoms with Crippen molar-refractivity contribution in [1.82, 2.24) is 0 Å². The lowest BCUT2D eigenvalue weighted by Crippen LogP contribution is -2.30. The molecule has 0 saturated heterocycles. The molecule has 0 aliphatic carbocycles. The zero-order valence-corrected chi connectivity index (χ0v) is 45.7. The van der Waals surface area contributed by atoms with Gasteiger partial charge in [0, 0.05) is 19.3 Å². The standard InChI is InChI=1S/C65H104O6/c1-4-7-10-13-16-19-22-25-27-29-31-32-34-35-37-40-43-46-49-52-55-58-64(67)70-61-62(60-69-63(66)57-54-51-48-45-42-39-24-21-18-15-12-9-6-3)71-65(68)59-56-53-50-47-44-41-38-36-33-30-28-26-23-20-17-14-11-8-5-2/h7-8,10-12,15-17,19-21,24-28,31-33,35-37,62H,4-6,9,13-14,18,22-23,29-30,34,38-61H2,1-3H3/b10-7-,11-8-,15-12-,19-16-,20-17-,24-21-,27-25-,28-26-,32-31-,36-33-,37-35-. The van der Waals surface area contributed by atoms with E-state index in [0.717, 1.165) is 180 Å². The number of carbonyl (C=O) groups is 3. The molecule has 0 saturated carbocycles. The van der Waals surface area contributed by atoms with Crippen LogP contribution in [0.4, 0.5) is 0 Å². The number of rotatable bonds is 50. The smallest absolute Gasteiger partial charge is 0.306 e. The molecule has 0 aliphatic rings. The maximum atomic E-state index is 12.9. The van der Waals surface area contributed by atoms with Crippen molar-refractivity contribution < 1.29 is 28.6 Å². The highest BCUT2D eigenvalue weighted by molar-refractivity contribution is 5.71. The van der Waals surface area contributed by atoms with E-state index in [9.17, 15) is 14.4 Å². The first-order valence-electron chi connectivity index (χ1n) is 28.7. The molecule has 0 bridgehead atoms. The summed E-state index contributed by atoms with van der Waals surface area (Å²) in [4.78, 5) is 38.2. The van der Waals surface area contributed by atoms with Crippen molar-refractivity contribution in [2.24, 2.45) is 0 Å². The molecular formula is C65H104O6. The van der Waals surface area contributed by atoms with Gasteiger partial charge in [-0.25, -0.2) is 0 Å². The van der Waals surface area contributed by atoms with E-state index < -0.39 is 6.10 Å². The maximum Gasteiger partial charge on any atom is 0.306 e. The van der Waals surface area contributed by atoms with Crippen LogP contribution in [0.1, 0.15) is 239 Å². The van der Waals surface area contributed by atoms with Gasteiger partial charge in [0.2, 0.25) is 0 Å². The molecule has 400 valence electrons. The second-order valence-electron chi connectivity index (χ2n) is 18.4. The van der Waals surface area contributed by atoms with Gasteiger partial charge in [-0.05, 0) is 128 Å². The zero-order valence-electron chi connectivity index (χ0n) is 45.7. The van der Waals surface area contributed by atoms with Crippen LogP contribution in [-0.2, 0) is 28.6 Å². The predicted molar refractivity (Wildman–Crippen MR) is 306 cm³/mol. The van der Waals surface area contributed by atoms with Crippen molar-refractivity contribution in [2.45, 2.75) is 245 Å². The molecule has 0 aromatic carbocycles. The largest absolute Gasteiger partial charge is 0.462 e. The number of carbonyl (C=O) groups excluding carboxylic acids is 3. The highest BCUT2D eigenvalue weighted by Crippen LogP contribution is 2.13. The third-order valence-corrected chi connectivity index (χ3v) is 11.6. The van der Waals surface area contributed by atoms with E-state index in [2.05, 4.69) is 154 Å². The Balaban J connectivity index is 4.47. The molecular weight excluding hydrogens is 877 g/mol. The van der Waals surface area contributed by atoms with E-state index in [1.165, 1.54) is 19.3 Å². The number of allylic oxidation sites excluding steroid dienone is 22. The molecule has 0 aliphatic heterocycles. The van der Waals surface area contributed by atoms with Gasteiger partial charge in [0.05, 0.1) is 0 Å². The quantitative estimate of drug-likeness (QED) is 0.0262. The lowest BCUT2D eigenvalue weighted by molar-refractivity contribution is -0.167. The number of unbranched alkanes of at least 4 members (excludes halogenated alkanes) is 17. The summed E-state index contributed by atoms with van der Waals surface area (Å²) in [5.41, 5.74) is 0. The van der Waals surface area contributed by atoms with Gasteiger partial charge < -0.3 is 14.2 Å². The lowest BCUT2D eigenvalue weighted by Gasteiger charge is -2.18. The molecule has 0 amide bonds. The maximum absolute atomic E-state index is 12.9. The molecule has 0 fully saturated rings. The van der Waals surface area contributed by atoms with Gasteiger partial charge in [-0.2, -0.15) is 0 Å². The molecule has 6 heteroatoms. The fourth-order valence-corrected chi connectivity index (χ4v) is 7.38. The van der Waals surface area contributed by atoms with E-state index in [1.54, 1.807) is 0 Å². The van der Waals surface area contributed by atoms with Crippen LogP contribution in [0.2, 0.25) is 0 Å². The van der Waals surface area contributed by atoms with Gasteiger partial charge in [0.25, 0.3) is 0 Å². The third kappa shape index (κ3) is 56.3. The molecule has 0 N–H and O–H groups in total. The van der Waals surface area contributed by atoms with Crippen LogP contribution < -0.4 is 0 Å². The molecule has 0 heterocycles. The summed E-state index contributed by atoms with van der Waals surface area (Å²) < 4.78 is 16.8. The van der Waals surface area contributed by atoms with Crippen molar-refractivity contribution in [2.75, 3.05) is 13.2 Å².